The molecule has 0 saturated carbocycles. The molecule has 7 aromatic carbocycles. The summed E-state index contributed by atoms with van der Waals surface area (Å²) in [4.78, 5) is 7.71. The van der Waals surface area contributed by atoms with Crippen LogP contribution in [-0.2, 0) is 0 Å². The number of hydrogen-bond donors (Lipinski definition) is 0. The lowest BCUT2D eigenvalue weighted by Gasteiger charge is -2.17. The molecule has 0 saturated heterocycles. The molecule has 0 aliphatic heterocycles. The number of nitrogens with zero attached hydrogens (tertiary/aromatic N) is 5. The third-order valence-corrected chi connectivity index (χ3v) is 9.60. The quantitative estimate of drug-likeness (QED) is 0.177. The summed E-state index contributed by atoms with van der Waals surface area (Å²) >= 11 is 0. The average Bonchev–Trinajstić information content (AvgIpc) is 3.70. The first kappa shape index (κ1) is 28.8. The van der Waals surface area contributed by atoms with Crippen molar-refractivity contribution in [2.75, 3.05) is 0 Å². The third kappa shape index (κ3) is 4.38. The molecule has 0 unspecified atom stereocenters. The number of benzene rings is 7. The van der Waals surface area contributed by atoms with Crippen molar-refractivity contribution in [2.45, 2.75) is 0 Å². The molecule has 0 amide bonds. The molecule has 0 aliphatic rings. The van der Waals surface area contributed by atoms with Crippen molar-refractivity contribution in [3.8, 4) is 39.7 Å². The van der Waals surface area contributed by atoms with E-state index in [0.29, 0.717) is 16.9 Å². The summed E-state index contributed by atoms with van der Waals surface area (Å²) in [5.41, 5.74) is 11.4. The topological polar surface area (TPSA) is 42.4 Å². The van der Waals surface area contributed by atoms with Gasteiger partial charge in [0.2, 0.25) is 0 Å². The normalized spacial score (nSPS) is 11.1. The highest BCUT2D eigenvalue weighted by molar-refractivity contribution is 6.11. The van der Waals surface area contributed by atoms with E-state index in [0.717, 1.165) is 66.5 Å². The van der Waals surface area contributed by atoms with Crippen LogP contribution in [0, 0.1) is 24.5 Å². The van der Waals surface area contributed by atoms with E-state index >= 15 is 0 Å². The molecule has 230 valence electrons. The first-order chi connectivity index (χ1) is 24.7. The Balaban J connectivity index is 1.21. The third-order valence-electron chi connectivity index (χ3n) is 9.60. The summed E-state index contributed by atoms with van der Waals surface area (Å²) in [6, 6.07) is 53.3. The van der Waals surface area contributed by atoms with Crippen molar-refractivity contribution in [1.29, 1.82) is 5.26 Å². The van der Waals surface area contributed by atoms with Crippen LogP contribution >= 0.6 is 0 Å². The van der Waals surface area contributed by atoms with Gasteiger partial charge in [-0.2, -0.15) is 5.26 Å². The Bertz CT molecular complexity index is 2900. The Morgan fingerprint density at radius 2 is 1.08 bits per heavy atom. The minimum atomic E-state index is 0.504. The van der Waals surface area contributed by atoms with Crippen molar-refractivity contribution in [1.82, 2.24) is 9.13 Å². The fraction of sp³-hybridized carbons (Fsp3) is 0. The number of hydrogen-bond acceptors (Lipinski definition) is 1. The van der Waals surface area contributed by atoms with Crippen LogP contribution in [0.15, 0.2) is 152 Å². The maximum absolute atomic E-state index is 9.66. The number of fused-ring (bicyclic) bond motifs is 6. The maximum atomic E-state index is 9.66. The summed E-state index contributed by atoms with van der Waals surface area (Å²) in [7, 11) is 0. The molecule has 0 radical (unpaired) electrons. The van der Waals surface area contributed by atoms with Crippen LogP contribution in [0.5, 0.6) is 0 Å². The molecular weight excluding hydrogens is 611 g/mol. The molecule has 9 aromatic rings. The Hall–Kier alpha value is -7.39. The number of rotatable bonds is 4. The van der Waals surface area contributed by atoms with E-state index in [2.05, 4.69) is 116 Å². The summed E-state index contributed by atoms with van der Waals surface area (Å²) in [6.07, 6.45) is 0. The molecule has 5 heteroatoms. The van der Waals surface area contributed by atoms with E-state index in [-0.39, 0.29) is 0 Å². The van der Waals surface area contributed by atoms with Gasteiger partial charge in [0.25, 0.3) is 0 Å². The van der Waals surface area contributed by atoms with Gasteiger partial charge in [-0.3, -0.25) is 0 Å². The van der Waals surface area contributed by atoms with Gasteiger partial charge in [-0.05, 0) is 76.9 Å². The zero-order valence-electron chi connectivity index (χ0n) is 26.7. The fourth-order valence-electron chi connectivity index (χ4n) is 7.34. The molecule has 5 nitrogen and oxygen atoms in total. The minimum absolute atomic E-state index is 0.504. The molecule has 0 spiro atoms. The first-order valence-electron chi connectivity index (χ1n) is 16.2. The van der Waals surface area contributed by atoms with Gasteiger partial charge in [0.05, 0.1) is 46.8 Å². The SMILES string of the molecule is [C-]#[N+]c1ccc(-c2cc(-c3ccc(-n4c5ccccc5c5ccccc54)cc3)ccc2[N+]#[C-])c(-n2c3ccccc3c3cc(C#N)ccc32)c1. The second-order valence-corrected chi connectivity index (χ2v) is 12.3. The van der Waals surface area contributed by atoms with Crippen molar-refractivity contribution in [3.05, 3.63) is 180 Å². The highest BCUT2D eigenvalue weighted by atomic mass is 15.0. The molecule has 2 aromatic heterocycles. The van der Waals surface area contributed by atoms with Crippen LogP contribution in [0.4, 0.5) is 11.4 Å². The van der Waals surface area contributed by atoms with Crippen molar-refractivity contribution < 1.29 is 0 Å². The standard InChI is InChI=1S/C45H25N5/c1-47-32-19-22-37(45(27-32)50-43-14-8-5-11-36(43)39-25-29(28-46)15-24-44(39)50)38-26-31(18-23-40(38)48-2)30-16-20-33(21-17-30)49-41-12-6-3-9-34(41)35-10-4-7-13-42(35)49/h3-27H. The van der Waals surface area contributed by atoms with Crippen LogP contribution in [-0.4, -0.2) is 9.13 Å². The zero-order chi connectivity index (χ0) is 33.8. The first-order valence-corrected chi connectivity index (χ1v) is 16.2. The Labute approximate surface area is 288 Å². The number of aromatic nitrogens is 2. The van der Waals surface area contributed by atoms with Gasteiger partial charge in [0.15, 0.2) is 11.4 Å². The van der Waals surface area contributed by atoms with Crippen molar-refractivity contribution in [2.24, 2.45) is 0 Å². The highest BCUT2D eigenvalue weighted by Crippen LogP contribution is 2.42. The molecule has 0 bridgehead atoms. The smallest absolute Gasteiger partial charge is 0.195 e. The molecule has 0 aliphatic carbocycles. The van der Waals surface area contributed by atoms with E-state index in [1.807, 2.05) is 60.7 Å². The second-order valence-electron chi connectivity index (χ2n) is 12.3. The lowest BCUT2D eigenvalue weighted by molar-refractivity contribution is 1.18. The van der Waals surface area contributed by atoms with Gasteiger partial charge in [-0.25, -0.2) is 9.69 Å². The second kappa shape index (κ2) is 11.4. The maximum Gasteiger partial charge on any atom is 0.195 e. The number of nitriles is 1. The largest absolute Gasteiger partial charge is 0.310 e. The molecule has 2 heterocycles. The van der Waals surface area contributed by atoms with Gasteiger partial charge < -0.3 is 9.13 Å². The van der Waals surface area contributed by atoms with Gasteiger partial charge >= 0.3 is 0 Å². The predicted octanol–water partition coefficient (Wildman–Crippen LogP) is 12.2. The van der Waals surface area contributed by atoms with Crippen molar-refractivity contribution in [3.63, 3.8) is 0 Å². The molecule has 9 rings (SSSR count). The Morgan fingerprint density at radius 3 is 1.72 bits per heavy atom. The lowest BCUT2D eigenvalue weighted by Crippen LogP contribution is -1.98. The summed E-state index contributed by atoms with van der Waals surface area (Å²) in [5.74, 6) is 0. The summed E-state index contributed by atoms with van der Waals surface area (Å²) < 4.78 is 4.45. The van der Waals surface area contributed by atoms with Gasteiger partial charge in [-0.15, -0.1) is 0 Å². The van der Waals surface area contributed by atoms with Crippen LogP contribution < -0.4 is 0 Å². The van der Waals surface area contributed by atoms with Gasteiger partial charge in [0.1, 0.15) is 0 Å². The highest BCUT2D eigenvalue weighted by Gasteiger charge is 2.19. The average molecular weight is 636 g/mol. The van der Waals surface area contributed by atoms with Gasteiger partial charge in [0, 0.05) is 32.9 Å². The minimum Gasteiger partial charge on any atom is -0.310 e. The number of para-hydroxylation sites is 3. The summed E-state index contributed by atoms with van der Waals surface area (Å²) in [6.45, 7) is 15.9. The van der Waals surface area contributed by atoms with Crippen LogP contribution in [0.3, 0.4) is 0 Å². The zero-order valence-corrected chi connectivity index (χ0v) is 26.7. The molecular formula is C45H25N5. The van der Waals surface area contributed by atoms with Crippen LogP contribution in [0.2, 0.25) is 0 Å². The monoisotopic (exact) mass is 635 g/mol. The van der Waals surface area contributed by atoms with E-state index in [1.54, 1.807) is 0 Å². The molecule has 0 atom stereocenters. The summed E-state index contributed by atoms with van der Waals surface area (Å²) in [5, 5.41) is 14.1. The molecule has 0 N–H and O–H groups in total. The molecule has 50 heavy (non-hydrogen) atoms. The van der Waals surface area contributed by atoms with Crippen LogP contribution in [0.1, 0.15) is 5.56 Å². The van der Waals surface area contributed by atoms with E-state index in [1.165, 1.54) is 10.8 Å². The lowest BCUT2D eigenvalue weighted by atomic mass is 9.95. The Kier molecular flexibility index (Phi) is 6.56. The van der Waals surface area contributed by atoms with E-state index in [4.69, 9.17) is 13.1 Å². The molecule has 0 fully saturated rings. The Morgan fingerprint density at radius 1 is 0.480 bits per heavy atom. The van der Waals surface area contributed by atoms with E-state index in [9.17, 15) is 5.26 Å². The van der Waals surface area contributed by atoms with Crippen molar-refractivity contribution >= 4 is 55.0 Å². The van der Waals surface area contributed by atoms with Crippen LogP contribution in [0.25, 0.3) is 86.9 Å². The predicted molar refractivity (Wildman–Crippen MR) is 203 cm³/mol. The fourth-order valence-corrected chi connectivity index (χ4v) is 7.34. The van der Waals surface area contributed by atoms with Gasteiger partial charge in [-0.1, -0.05) is 97.1 Å². The van der Waals surface area contributed by atoms with E-state index < -0.39 is 0 Å².